The minimum absolute atomic E-state index is 0.574. The Morgan fingerprint density at radius 3 is 1.77 bits per heavy atom. The van der Waals surface area contributed by atoms with Crippen LogP contribution in [0.5, 0.6) is 0 Å². The minimum atomic E-state index is -1.91. The number of rotatable bonds is 6. The maximum atomic E-state index is 5.67. The molecule has 0 heterocycles. The highest BCUT2D eigenvalue weighted by Crippen LogP contribution is 2.32. The molecular formula is C10H24O2Si. The molecule has 0 amide bonds. The molecule has 2 nitrogen and oxygen atoms in total. The lowest BCUT2D eigenvalue weighted by atomic mass is 10.3. The molecule has 0 radical (unpaired) electrons. The topological polar surface area (TPSA) is 18.5 Å². The van der Waals surface area contributed by atoms with Crippen molar-refractivity contribution in [2.45, 2.75) is 45.7 Å². The van der Waals surface area contributed by atoms with Crippen LogP contribution in [-0.4, -0.2) is 22.8 Å². The third kappa shape index (κ3) is 3.41. The highest BCUT2D eigenvalue weighted by Gasteiger charge is 2.41. The Bertz CT molecular complexity index is 133. The van der Waals surface area contributed by atoms with E-state index in [1.165, 1.54) is 0 Å². The van der Waals surface area contributed by atoms with Crippen molar-refractivity contribution in [2.75, 3.05) is 14.2 Å². The molecule has 1 atom stereocenters. The fourth-order valence-electron chi connectivity index (χ4n) is 1.73. The van der Waals surface area contributed by atoms with Gasteiger partial charge in [-0.25, -0.2) is 0 Å². The zero-order valence-electron chi connectivity index (χ0n) is 9.89. The van der Waals surface area contributed by atoms with Gasteiger partial charge in [-0.1, -0.05) is 34.1 Å². The molecule has 1 unspecified atom stereocenters. The van der Waals surface area contributed by atoms with Crippen molar-refractivity contribution in [3.05, 3.63) is 0 Å². The van der Waals surface area contributed by atoms with Crippen molar-refractivity contribution < 1.29 is 8.85 Å². The predicted octanol–water partition coefficient (Wildman–Crippen LogP) is 3.18. The summed E-state index contributed by atoms with van der Waals surface area (Å²) in [6.45, 7) is 8.89. The van der Waals surface area contributed by atoms with Gasteiger partial charge in [0.2, 0.25) is 0 Å². The third-order valence-corrected chi connectivity index (χ3v) is 7.42. The summed E-state index contributed by atoms with van der Waals surface area (Å²) in [5.74, 6) is 0.653. The summed E-state index contributed by atoms with van der Waals surface area (Å²) in [5, 5.41) is 0. The van der Waals surface area contributed by atoms with Gasteiger partial charge in [-0.3, -0.25) is 0 Å². The van der Waals surface area contributed by atoms with Crippen LogP contribution >= 0.6 is 0 Å². The van der Waals surface area contributed by atoms with E-state index >= 15 is 0 Å². The second-order valence-corrected chi connectivity index (χ2v) is 7.96. The SMILES string of the molecule is CCC(C)[Si](CC(C)C)(OC)OC. The van der Waals surface area contributed by atoms with Crippen LogP contribution in [0.2, 0.25) is 11.6 Å². The number of hydrogen-bond donors (Lipinski definition) is 0. The summed E-state index contributed by atoms with van der Waals surface area (Å²) in [6, 6.07) is 1.09. The highest BCUT2D eigenvalue weighted by molar-refractivity contribution is 6.68. The zero-order chi connectivity index (χ0) is 10.5. The molecule has 80 valence electrons. The first-order valence-electron chi connectivity index (χ1n) is 5.12. The normalized spacial score (nSPS) is 15.0. The highest BCUT2D eigenvalue weighted by atomic mass is 28.4. The molecule has 0 aliphatic carbocycles. The number of hydrogen-bond acceptors (Lipinski definition) is 2. The summed E-state index contributed by atoms with van der Waals surface area (Å²) in [4.78, 5) is 0. The standard InChI is InChI=1S/C10H24O2Si/c1-7-10(4)13(11-5,12-6)8-9(2)3/h9-10H,7-8H2,1-6H3. The first-order chi connectivity index (χ1) is 6.02. The summed E-state index contributed by atoms with van der Waals surface area (Å²) < 4.78 is 11.3. The Hall–Kier alpha value is 0.137. The van der Waals surface area contributed by atoms with Gasteiger partial charge in [0.05, 0.1) is 0 Å². The lowest BCUT2D eigenvalue weighted by Crippen LogP contribution is -2.45. The van der Waals surface area contributed by atoms with E-state index < -0.39 is 8.56 Å². The largest absolute Gasteiger partial charge is 0.397 e. The van der Waals surface area contributed by atoms with Crippen molar-refractivity contribution >= 4 is 8.56 Å². The minimum Gasteiger partial charge on any atom is -0.397 e. The van der Waals surface area contributed by atoms with Crippen LogP contribution in [0.15, 0.2) is 0 Å². The van der Waals surface area contributed by atoms with E-state index in [9.17, 15) is 0 Å². The zero-order valence-corrected chi connectivity index (χ0v) is 10.9. The van der Waals surface area contributed by atoms with E-state index in [4.69, 9.17) is 8.85 Å². The van der Waals surface area contributed by atoms with Crippen molar-refractivity contribution in [1.29, 1.82) is 0 Å². The fraction of sp³-hybridized carbons (Fsp3) is 1.00. The summed E-state index contributed by atoms with van der Waals surface area (Å²) >= 11 is 0. The van der Waals surface area contributed by atoms with E-state index in [2.05, 4.69) is 27.7 Å². The first kappa shape index (κ1) is 13.1. The van der Waals surface area contributed by atoms with E-state index in [-0.39, 0.29) is 0 Å². The molecule has 0 rings (SSSR count). The van der Waals surface area contributed by atoms with E-state index in [1.807, 2.05) is 0 Å². The molecule has 0 saturated heterocycles. The van der Waals surface area contributed by atoms with Crippen LogP contribution in [0.25, 0.3) is 0 Å². The van der Waals surface area contributed by atoms with Crippen LogP contribution in [0, 0.1) is 5.92 Å². The lowest BCUT2D eigenvalue weighted by Gasteiger charge is -2.33. The first-order valence-corrected chi connectivity index (χ1v) is 7.22. The molecule has 0 bridgehead atoms. The van der Waals surface area contributed by atoms with Crippen molar-refractivity contribution in [1.82, 2.24) is 0 Å². The predicted molar refractivity (Wildman–Crippen MR) is 59.1 cm³/mol. The van der Waals surface area contributed by atoms with Gasteiger partial charge in [0, 0.05) is 14.2 Å². The van der Waals surface area contributed by atoms with E-state index in [0.717, 1.165) is 12.5 Å². The van der Waals surface area contributed by atoms with Gasteiger partial charge in [0.15, 0.2) is 0 Å². The molecule has 0 N–H and O–H groups in total. The van der Waals surface area contributed by atoms with Gasteiger partial charge in [0.25, 0.3) is 0 Å². The Labute approximate surface area is 83.9 Å². The van der Waals surface area contributed by atoms with Gasteiger partial charge < -0.3 is 8.85 Å². The maximum Gasteiger partial charge on any atom is 0.340 e. The summed E-state index contributed by atoms with van der Waals surface area (Å²) in [5.41, 5.74) is 0.574. The molecule has 0 spiro atoms. The van der Waals surface area contributed by atoms with Gasteiger partial charge in [-0.15, -0.1) is 0 Å². The molecule has 13 heavy (non-hydrogen) atoms. The van der Waals surface area contributed by atoms with Crippen LogP contribution in [0.1, 0.15) is 34.1 Å². The summed E-state index contributed by atoms with van der Waals surface area (Å²) in [7, 11) is 1.68. The Balaban J connectivity index is 4.48. The van der Waals surface area contributed by atoms with Crippen LogP contribution in [0.3, 0.4) is 0 Å². The molecule has 0 saturated carbocycles. The van der Waals surface area contributed by atoms with Crippen LogP contribution < -0.4 is 0 Å². The molecule has 0 aliphatic rings. The second-order valence-electron chi connectivity index (χ2n) is 4.13. The third-order valence-electron chi connectivity index (χ3n) is 2.75. The average Bonchev–Trinajstić information content (AvgIpc) is 2.12. The van der Waals surface area contributed by atoms with Gasteiger partial charge in [-0.2, -0.15) is 0 Å². The lowest BCUT2D eigenvalue weighted by molar-refractivity contribution is 0.223. The summed E-state index contributed by atoms with van der Waals surface area (Å²) in [6.07, 6.45) is 1.14. The van der Waals surface area contributed by atoms with Gasteiger partial charge in [-0.05, 0) is 17.5 Å². The van der Waals surface area contributed by atoms with Gasteiger partial charge in [0.1, 0.15) is 0 Å². The average molecular weight is 204 g/mol. The molecular weight excluding hydrogens is 180 g/mol. The molecule has 0 aliphatic heterocycles. The van der Waals surface area contributed by atoms with Crippen LogP contribution in [0.4, 0.5) is 0 Å². The van der Waals surface area contributed by atoms with Crippen molar-refractivity contribution in [3.8, 4) is 0 Å². The van der Waals surface area contributed by atoms with Crippen molar-refractivity contribution in [2.24, 2.45) is 5.92 Å². The quantitative estimate of drug-likeness (QED) is 0.619. The van der Waals surface area contributed by atoms with E-state index in [0.29, 0.717) is 11.5 Å². The smallest absolute Gasteiger partial charge is 0.340 e. The molecule has 0 aromatic rings. The maximum absolute atomic E-state index is 5.67. The monoisotopic (exact) mass is 204 g/mol. The molecule has 0 aromatic heterocycles. The Morgan fingerprint density at radius 2 is 1.54 bits per heavy atom. The van der Waals surface area contributed by atoms with Gasteiger partial charge >= 0.3 is 8.56 Å². The Kier molecular flexibility index (Phi) is 5.84. The van der Waals surface area contributed by atoms with E-state index in [1.54, 1.807) is 14.2 Å². The fourth-order valence-corrected chi connectivity index (χ4v) is 5.20. The molecule has 0 aromatic carbocycles. The Morgan fingerprint density at radius 1 is 1.08 bits per heavy atom. The molecule has 0 fully saturated rings. The second kappa shape index (κ2) is 5.78. The molecule has 3 heteroatoms. The van der Waals surface area contributed by atoms with Crippen LogP contribution in [-0.2, 0) is 8.85 Å². The van der Waals surface area contributed by atoms with Crippen molar-refractivity contribution in [3.63, 3.8) is 0 Å².